The van der Waals surface area contributed by atoms with Crippen LogP contribution < -0.4 is 0 Å². The molecule has 0 aliphatic carbocycles. The Bertz CT molecular complexity index is 253. The van der Waals surface area contributed by atoms with E-state index in [9.17, 15) is 4.79 Å². The minimum absolute atomic E-state index is 0. The average Bonchev–Trinajstić information content (AvgIpc) is 2.07. The van der Waals surface area contributed by atoms with Gasteiger partial charge in [-0.05, 0) is 12.1 Å². The van der Waals surface area contributed by atoms with E-state index >= 15 is 0 Å². The van der Waals surface area contributed by atoms with E-state index in [-0.39, 0.29) is 73.8 Å². The molecule has 1 rings (SSSR count). The van der Waals surface area contributed by atoms with E-state index in [4.69, 9.17) is 15.0 Å². The fourth-order valence-corrected chi connectivity index (χ4v) is 0.581. The van der Waals surface area contributed by atoms with Gasteiger partial charge < -0.3 is 10.2 Å². The van der Waals surface area contributed by atoms with Gasteiger partial charge in [0, 0.05) is 0 Å². The average molecular weight is 234 g/mol. The molecule has 0 bridgehead atoms. The van der Waals surface area contributed by atoms with Gasteiger partial charge in [-0.25, -0.2) is 4.79 Å². The molecular weight excluding hydrogens is 223 g/mol. The summed E-state index contributed by atoms with van der Waals surface area (Å²) >= 11 is 0. The molecule has 0 saturated carbocycles. The summed E-state index contributed by atoms with van der Waals surface area (Å²) in [6, 6.07) is 8.30. The van der Waals surface area contributed by atoms with Crippen molar-refractivity contribution in [2.45, 2.75) is 0 Å². The van der Waals surface area contributed by atoms with Gasteiger partial charge in [-0.1, -0.05) is 18.2 Å². The van der Waals surface area contributed by atoms with Crippen LogP contribution in [-0.4, -0.2) is 90.0 Å². The fraction of sp³-hybridized carbons (Fsp3) is 0. The Labute approximate surface area is 134 Å². The third-order valence-corrected chi connectivity index (χ3v) is 1.02. The van der Waals surface area contributed by atoms with Crippen LogP contribution in [0.25, 0.3) is 0 Å². The molecule has 0 atom stereocenters. The Morgan fingerprint density at radius 1 is 1.21 bits per heavy atom. The van der Waals surface area contributed by atoms with Crippen LogP contribution in [0.3, 0.4) is 0 Å². The molecular formula is C8H11CaNaO4. The first kappa shape index (κ1) is 19.9. The number of carboxylic acids is 1. The zero-order valence-electron chi connectivity index (χ0n) is 6.18. The van der Waals surface area contributed by atoms with Crippen LogP contribution in [-0.2, 0) is 4.79 Å². The molecule has 0 aliphatic rings. The number of hydrogen-bond acceptors (Lipinski definition) is 2. The Balaban J connectivity index is -0.000000218. The molecule has 4 nitrogen and oxygen atoms in total. The van der Waals surface area contributed by atoms with Gasteiger partial charge in [0.05, 0.1) is 5.56 Å². The maximum atomic E-state index is 10.2. The van der Waals surface area contributed by atoms with Crippen LogP contribution in [0.15, 0.2) is 30.3 Å². The van der Waals surface area contributed by atoms with Crippen LogP contribution in [0, 0.1) is 0 Å². The molecule has 1 aromatic carbocycles. The van der Waals surface area contributed by atoms with Gasteiger partial charge >= 0.3 is 73.3 Å². The predicted molar refractivity (Wildman–Crippen MR) is 57.8 cm³/mol. The number of benzene rings is 1. The zero-order valence-corrected chi connectivity index (χ0v) is 6.18. The Kier molecular flexibility index (Phi) is 19.1. The molecule has 0 heterocycles. The fourth-order valence-electron chi connectivity index (χ4n) is 0.581. The summed E-state index contributed by atoms with van der Waals surface area (Å²) in [5, 5.41) is 15.3. The van der Waals surface area contributed by atoms with Crippen LogP contribution in [0.5, 0.6) is 0 Å². The number of aromatic carboxylic acids is 1. The van der Waals surface area contributed by atoms with Gasteiger partial charge in [0.15, 0.2) is 0 Å². The van der Waals surface area contributed by atoms with Gasteiger partial charge in [-0.2, -0.15) is 0 Å². The van der Waals surface area contributed by atoms with Crippen molar-refractivity contribution >= 4 is 79.7 Å². The second-order valence-corrected chi connectivity index (χ2v) is 1.78. The van der Waals surface area contributed by atoms with Crippen LogP contribution in [0.2, 0.25) is 0 Å². The quantitative estimate of drug-likeness (QED) is 0.508. The summed E-state index contributed by atoms with van der Waals surface area (Å²) in [7, 11) is 0. The van der Waals surface area contributed by atoms with Gasteiger partial charge in [-0.3, -0.25) is 4.79 Å². The molecule has 70 valence electrons. The number of carboxylic acid groups (broad SMARTS) is 2. The van der Waals surface area contributed by atoms with Crippen molar-refractivity contribution in [1.29, 1.82) is 0 Å². The van der Waals surface area contributed by atoms with E-state index in [0.717, 1.165) is 0 Å². The van der Waals surface area contributed by atoms with Crippen molar-refractivity contribution < 1.29 is 19.8 Å². The first-order chi connectivity index (χ1) is 5.72. The molecule has 6 heteroatoms. The van der Waals surface area contributed by atoms with E-state index in [1.54, 1.807) is 30.3 Å². The summed E-state index contributed by atoms with van der Waals surface area (Å²) in [6.45, 7) is -0.250. The molecule has 0 aliphatic heterocycles. The van der Waals surface area contributed by atoms with Crippen molar-refractivity contribution in [1.82, 2.24) is 0 Å². The minimum atomic E-state index is -0.879. The number of hydrogen-bond donors (Lipinski definition) is 2. The molecule has 0 radical (unpaired) electrons. The predicted octanol–water partition coefficient (Wildman–Crippen LogP) is -0.479. The molecule has 0 spiro atoms. The summed E-state index contributed by atoms with van der Waals surface area (Å²) < 4.78 is 0. The molecule has 2 N–H and O–H groups in total. The third-order valence-electron chi connectivity index (χ3n) is 1.02. The number of rotatable bonds is 1. The van der Waals surface area contributed by atoms with E-state index in [1.807, 2.05) is 0 Å². The molecule has 0 fully saturated rings. The monoisotopic (exact) mass is 234 g/mol. The normalized spacial score (nSPS) is 6.57. The summed E-state index contributed by atoms with van der Waals surface area (Å²) in [5.74, 6) is -0.879. The van der Waals surface area contributed by atoms with Crippen LogP contribution in [0.1, 0.15) is 10.4 Å². The van der Waals surface area contributed by atoms with Crippen LogP contribution in [0.4, 0.5) is 0 Å². The molecule has 0 saturated heterocycles. The van der Waals surface area contributed by atoms with E-state index in [0.29, 0.717) is 5.56 Å². The molecule has 14 heavy (non-hydrogen) atoms. The molecule has 0 aromatic heterocycles. The summed E-state index contributed by atoms with van der Waals surface area (Å²) in [6.07, 6.45) is 0. The van der Waals surface area contributed by atoms with E-state index in [1.165, 1.54) is 0 Å². The van der Waals surface area contributed by atoms with Crippen molar-refractivity contribution in [3.8, 4) is 0 Å². The molecule has 1 aromatic rings. The van der Waals surface area contributed by atoms with Crippen molar-refractivity contribution in [3.05, 3.63) is 35.9 Å². The third kappa shape index (κ3) is 10.5. The summed E-state index contributed by atoms with van der Waals surface area (Å²) in [5.41, 5.74) is 0.331. The van der Waals surface area contributed by atoms with Crippen LogP contribution >= 0.6 is 0 Å². The van der Waals surface area contributed by atoms with Crippen molar-refractivity contribution in [2.24, 2.45) is 0 Å². The Morgan fingerprint density at radius 3 is 1.79 bits per heavy atom. The molecule has 0 unspecified atom stereocenters. The standard InChI is InChI=1S/C7H6O2.CH2O2.Ca.Na.3H/c8-7(9)6-4-2-1-3-5-6;2-1-3;;;;;/h1-5H,(H,8,9);1H,(H,2,3);;;;;. The Morgan fingerprint density at radius 2 is 1.57 bits per heavy atom. The topological polar surface area (TPSA) is 74.6 Å². The number of carbonyl (C=O) groups is 2. The summed E-state index contributed by atoms with van der Waals surface area (Å²) in [4.78, 5) is 18.6. The van der Waals surface area contributed by atoms with E-state index < -0.39 is 5.97 Å². The molecule has 0 amide bonds. The van der Waals surface area contributed by atoms with Gasteiger partial charge in [-0.15, -0.1) is 0 Å². The first-order valence-electron chi connectivity index (χ1n) is 3.08. The van der Waals surface area contributed by atoms with Crippen molar-refractivity contribution in [2.75, 3.05) is 0 Å². The SMILES string of the molecule is O=C(O)c1ccccc1.O=CO.[CaH2].[NaH]. The second-order valence-electron chi connectivity index (χ2n) is 1.78. The second kappa shape index (κ2) is 13.4. The zero-order chi connectivity index (χ0) is 9.40. The Hall–Kier alpha value is 0.420. The van der Waals surface area contributed by atoms with Gasteiger partial charge in [0.2, 0.25) is 0 Å². The van der Waals surface area contributed by atoms with Crippen molar-refractivity contribution in [3.63, 3.8) is 0 Å². The van der Waals surface area contributed by atoms with Gasteiger partial charge in [0.25, 0.3) is 6.47 Å². The first-order valence-corrected chi connectivity index (χ1v) is 3.08. The van der Waals surface area contributed by atoms with Gasteiger partial charge in [0.1, 0.15) is 0 Å². The van der Waals surface area contributed by atoms with E-state index in [2.05, 4.69) is 0 Å². The maximum absolute atomic E-state index is 10.2.